The molecular weight excluding hydrogens is 288 g/mol. The summed E-state index contributed by atoms with van der Waals surface area (Å²) < 4.78 is 0. The van der Waals surface area contributed by atoms with Crippen molar-refractivity contribution in [2.45, 2.75) is 13.0 Å². The van der Waals surface area contributed by atoms with Crippen LogP contribution in [0, 0.1) is 17.0 Å². The average Bonchev–Trinajstić information content (AvgIpc) is 2.84. The highest BCUT2D eigenvalue weighted by Gasteiger charge is 2.26. The monoisotopic (exact) mass is 300 g/mol. The molecule has 102 valence electrons. The van der Waals surface area contributed by atoms with Crippen LogP contribution in [-0.4, -0.2) is 10.0 Å². The number of rotatable bonds is 3. The van der Waals surface area contributed by atoms with Crippen LogP contribution in [0.25, 0.3) is 0 Å². The van der Waals surface area contributed by atoms with Crippen molar-refractivity contribution in [3.8, 4) is 5.75 Å². The Morgan fingerprint density at radius 3 is 2.63 bits per heavy atom. The van der Waals surface area contributed by atoms with Crippen molar-refractivity contribution < 1.29 is 10.0 Å². The zero-order valence-electron chi connectivity index (χ0n) is 10.1. The van der Waals surface area contributed by atoms with Gasteiger partial charge in [-0.25, -0.2) is 0 Å². The first-order valence-corrected chi connectivity index (χ1v) is 6.16. The fourth-order valence-electron chi connectivity index (χ4n) is 1.78. The third-order valence-electron chi connectivity index (χ3n) is 2.75. The number of nitro benzene ring substituents is 1. The maximum atomic E-state index is 11.0. The molecule has 0 aliphatic heterocycles. The highest BCUT2D eigenvalue weighted by molar-refractivity contribution is 7.10. The second-order valence-electron chi connectivity index (χ2n) is 3.91. The van der Waals surface area contributed by atoms with Gasteiger partial charge in [0.05, 0.1) is 16.5 Å². The SMILES string of the molecule is Cc1ccc([N+](=O)[O-])c([C@H](N)c2cccs2)c1O.Cl. The largest absolute Gasteiger partial charge is 0.507 e. The minimum atomic E-state index is -0.690. The zero-order chi connectivity index (χ0) is 13.3. The van der Waals surface area contributed by atoms with Gasteiger partial charge in [0.2, 0.25) is 0 Å². The Balaban J connectivity index is 0.00000180. The molecule has 0 amide bonds. The number of hydrogen-bond acceptors (Lipinski definition) is 5. The summed E-state index contributed by atoms with van der Waals surface area (Å²) in [5.41, 5.74) is 6.60. The summed E-state index contributed by atoms with van der Waals surface area (Å²) in [6.45, 7) is 1.68. The number of hydrogen-bond donors (Lipinski definition) is 2. The van der Waals surface area contributed by atoms with Gasteiger partial charge in [0.25, 0.3) is 5.69 Å². The van der Waals surface area contributed by atoms with Crippen molar-refractivity contribution >= 4 is 29.4 Å². The molecule has 0 aliphatic carbocycles. The molecule has 1 aromatic carbocycles. The summed E-state index contributed by atoms with van der Waals surface area (Å²) in [7, 11) is 0. The van der Waals surface area contributed by atoms with Gasteiger partial charge in [-0.3, -0.25) is 10.1 Å². The van der Waals surface area contributed by atoms with Crippen LogP contribution in [0.3, 0.4) is 0 Å². The molecule has 2 aromatic rings. The van der Waals surface area contributed by atoms with Gasteiger partial charge in [0.1, 0.15) is 5.75 Å². The summed E-state index contributed by atoms with van der Waals surface area (Å²) in [6, 6.07) is 5.81. The molecule has 0 fully saturated rings. The molecule has 0 aliphatic rings. The zero-order valence-corrected chi connectivity index (χ0v) is 11.7. The van der Waals surface area contributed by atoms with Gasteiger partial charge < -0.3 is 10.8 Å². The fraction of sp³-hybridized carbons (Fsp3) is 0.167. The Hall–Kier alpha value is -1.63. The van der Waals surface area contributed by atoms with E-state index in [0.717, 1.165) is 4.88 Å². The lowest BCUT2D eigenvalue weighted by Crippen LogP contribution is -2.13. The number of nitrogens with zero attached hydrogens (tertiary/aromatic N) is 1. The van der Waals surface area contributed by atoms with E-state index in [1.54, 1.807) is 13.0 Å². The van der Waals surface area contributed by atoms with Crippen LogP contribution in [0.2, 0.25) is 0 Å². The van der Waals surface area contributed by atoms with Crippen molar-refractivity contribution in [2.24, 2.45) is 5.73 Å². The molecule has 5 nitrogen and oxygen atoms in total. The number of halogens is 1. The van der Waals surface area contributed by atoms with E-state index in [9.17, 15) is 15.2 Å². The summed E-state index contributed by atoms with van der Waals surface area (Å²) in [5, 5.41) is 22.9. The molecule has 1 heterocycles. The lowest BCUT2D eigenvalue weighted by Gasteiger charge is -2.13. The molecule has 0 saturated heterocycles. The van der Waals surface area contributed by atoms with Crippen LogP contribution in [0.1, 0.15) is 22.0 Å². The van der Waals surface area contributed by atoms with Gasteiger partial charge in [0.15, 0.2) is 0 Å². The molecule has 1 aromatic heterocycles. The first-order chi connectivity index (χ1) is 8.52. The molecule has 7 heteroatoms. The Morgan fingerprint density at radius 1 is 1.42 bits per heavy atom. The highest BCUT2D eigenvalue weighted by Crippen LogP contribution is 2.38. The predicted octanol–water partition coefficient (Wildman–Crippen LogP) is 3.14. The van der Waals surface area contributed by atoms with Crippen molar-refractivity contribution in [3.05, 3.63) is 55.8 Å². The van der Waals surface area contributed by atoms with Crippen molar-refractivity contribution in [2.75, 3.05) is 0 Å². The number of phenolic OH excluding ortho intramolecular Hbond substituents is 1. The molecule has 0 spiro atoms. The van der Waals surface area contributed by atoms with E-state index in [1.165, 1.54) is 23.5 Å². The van der Waals surface area contributed by atoms with Crippen LogP contribution >= 0.6 is 23.7 Å². The number of phenols is 1. The van der Waals surface area contributed by atoms with Crippen molar-refractivity contribution in [1.29, 1.82) is 0 Å². The number of thiophene rings is 1. The molecule has 19 heavy (non-hydrogen) atoms. The molecule has 0 bridgehead atoms. The van der Waals surface area contributed by atoms with Crippen LogP contribution < -0.4 is 5.73 Å². The molecule has 2 rings (SSSR count). The van der Waals surface area contributed by atoms with Crippen molar-refractivity contribution in [3.63, 3.8) is 0 Å². The normalized spacial score (nSPS) is 11.7. The second kappa shape index (κ2) is 6.01. The van der Waals surface area contributed by atoms with Gasteiger partial charge in [-0.1, -0.05) is 6.07 Å². The van der Waals surface area contributed by atoms with Crippen molar-refractivity contribution in [1.82, 2.24) is 0 Å². The van der Waals surface area contributed by atoms with E-state index in [4.69, 9.17) is 5.73 Å². The predicted molar refractivity (Wildman–Crippen MR) is 77.1 cm³/mol. The number of aryl methyl sites for hydroxylation is 1. The van der Waals surface area contributed by atoms with E-state index in [0.29, 0.717) is 5.56 Å². The summed E-state index contributed by atoms with van der Waals surface area (Å²) in [5.74, 6) is -0.106. The number of nitro groups is 1. The first kappa shape index (κ1) is 15.4. The van der Waals surface area contributed by atoms with Gasteiger partial charge in [-0.2, -0.15) is 0 Å². The minimum Gasteiger partial charge on any atom is -0.507 e. The van der Waals surface area contributed by atoms with E-state index in [1.807, 2.05) is 11.4 Å². The van der Waals surface area contributed by atoms with Gasteiger partial charge in [-0.05, 0) is 30.0 Å². The highest BCUT2D eigenvalue weighted by atomic mass is 35.5. The quantitative estimate of drug-likeness (QED) is 0.673. The average molecular weight is 301 g/mol. The lowest BCUT2D eigenvalue weighted by molar-refractivity contribution is -0.385. The number of benzene rings is 1. The molecule has 0 radical (unpaired) electrons. The molecule has 0 saturated carbocycles. The standard InChI is InChI=1S/C12H12N2O3S.ClH/c1-7-4-5-8(14(16)17)10(12(7)15)11(13)9-3-2-6-18-9;/h2-6,11,15H,13H2,1H3;1H/t11-;/m1./s1. The van der Waals surface area contributed by atoms with Crippen LogP contribution in [-0.2, 0) is 0 Å². The summed E-state index contributed by atoms with van der Waals surface area (Å²) in [6.07, 6.45) is 0. The van der Waals surface area contributed by atoms with Gasteiger partial charge >= 0.3 is 0 Å². The van der Waals surface area contributed by atoms with E-state index in [2.05, 4.69) is 0 Å². The minimum absolute atomic E-state index is 0. The Labute approximate surface area is 120 Å². The Kier molecular flexibility index (Phi) is 4.88. The van der Waals surface area contributed by atoms with E-state index in [-0.39, 0.29) is 29.4 Å². The second-order valence-corrected chi connectivity index (χ2v) is 4.89. The lowest BCUT2D eigenvalue weighted by atomic mass is 10.00. The first-order valence-electron chi connectivity index (χ1n) is 5.28. The summed E-state index contributed by atoms with van der Waals surface area (Å²) >= 11 is 1.40. The molecule has 0 unspecified atom stereocenters. The third-order valence-corrected chi connectivity index (χ3v) is 3.71. The van der Waals surface area contributed by atoms with Gasteiger partial charge in [0, 0.05) is 10.9 Å². The van der Waals surface area contributed by atoms with Crippen LogP contribution in [0.5, 0.6) is 5.75 Å². The van der Waals surface area contributed by atoms with Crippen LogP contribution in [0.4, 0.5) is 5.69 Å². The summed E-state index contributed by atoms with van der Waals surface area (Å²) in [4.78, 5) is 11.3. The molecule has 1 atom stereocenters. The smallest absolute Gasteiger partial charge is 0.278 e. The van der Waals surface area contributed by atoms with Gasteiger partial charge in [-0.15, -0.1) is 23.7 Å². The van der Waals surface area contributed by atoms with E-state index >= 15 is 0 Å². The topological polar surface area (TPSA) is 89.4 Å². The molecular formula is C12H13ClN2O3S. The number of nitrogens with two attached hydrogens (primary N) is 1. The number of aromatic hydroxyl groups is 1. The molecule has 3 N–H and O–H groups in total. The third kappa shape index (κ3) is 2.86. The van der Waals surface area contributed by atoms with Crippen LogP contribution in [0.15, 0.2) is 29.6 Å². The fourth-order valence-corrected chi connectivity index (χ4v) is 2.52. The van der Waals surface area contributed by atoms with E-state index < -0.39 is 11.0 Å². The Morgan fingerprint density at radius 2 is 2.11 bits per heavy atom. The Bertz CT molecular complexity index is 587. The maximum absolute atomic E-state index is 11.0. The maximum Gasteiger partial charge on any atom is 0.278 e.